The summed E-state index contributed by atoms with van der Waals surface area (Å²) in [6.45, 7) is 4.60. The number of hydrogen-bond acceptors (Lipinski definition) is 6. The van der Waals surface area contributed by atoms with E-state index in [4.69, 9.17) is 0 Å². The Balaban J connectivity index is 1.83. The van der Waals surface area contributed by atoms with Gasteiger partial charge in [0.2, 0.25) is 11.9 Å². The van der Waals surface area contributed by atoms with Gasteiger partial charge in [-0.3, -0.25) is 0 Å². The Hall–Kier alpha value is -2.18. The van der Waals surface area contributed by atoms with Crippen molar-refractivity contribution in [3.05, 3.63) is 18.5 Å². The molecule has 1 fully saturated rings. The van der Waals surface area contributed by atoms with Crippen molar-refractivity contribution in [2.24, 2.45) is 5.41 Å². The first kappa shape index (κ1) is 13.8. The molecule has 1 atom stereocenters. The molecule has 2 aromatic heterocycles. The van der Waals surface area contributed by atoms with E-state index in [-0.39, 0.29) is 0 Å². The molecule has 0 radical (unpaired) electrons. The molecule has 7 nitrogen and oxygen atoms in total. The predicted octanol–water partition coefficient (Wildman–Crippen LogP) is 2.09. The van der Waals surface area contributed by atoms with Crippen LogP contribution in [0, 0.1) is 5.41 Å². The molecule has 7 heteroatoms. The summed E-state index contributed by atoms with van der Waals surface area (Å²) < 4.78 is 1.63. The zero-order valence-electron chi connectivity index (χ0n) is 12.7. The molecule has 0 aromatic carbocycles. The van der Waals surface area contributed by atoms with Crippen molar-refractivity contribution in [3.8, 4) is 5.95 Å². The van der Waals surface area contributed by atoms with Gasteiger partial charge in [0, 0.05) is 25.5 Å². The molecule has 0 amide bonds. The van der Waals surface area contributed by atoms with Gasteiger partial charge in [0.25, 0.3) is 5.95 Å². The van der Waals surface area contributed by atoms with E-state index in [0.717, 1.165) is 12.8 Å². The average molecular weight is 287 g/mol. The molecule has 2 N–H and O–H groups in total. The minimum atomic E-state index is 0.390. The lowest BCUT2D eigenvalue weighted by Gasteiger charge is -2.18. The number of nitrogens with one attached hydrogen (secondary N) is 2. The third-order valence-corrected chi connectivity index (χ3v) is 3.86. The van der Waals surface area contributed by atoms with Crippen LogP contribution in [0.2, 0.25) is 0 Å². The van der Waals surface area contributed by atoms with Crippen LogP contribution in [0.25, 0.3) is 5.95 Å². The molecule has 1 aliphatic rings. The minimum absolute atomic E-state index is 0.390. The highest BCUT2D eigenvalue weighted by Crippen LogP contribution is 2.37. The molecule has 0 saturated heterocycles. The summed E-state index contributed by atoms with van der Waals surface area (Å²) in [4.78, 5) is 13.2. The van der Waals surface area contributed by atoms with Crippen molar-refractivity contribution in [2.45, 2.75) is 39.2 Å². The van der Waals surface area contributed by atoms with Crippen LogP contribution in [0.15, 0.2) is 18.5 Å². The van der Waals surface area contributed by atoms with Crippen molar-refractivity contribution in [1.82, 2.24) is 24.7 Å². The summed E-state index contributed by atoms with van der Waals surface area (Å²) in [5.41, 5.74) is 0.390. The van der Waals surface area contributed by atoms with Crippen LogP contribution in [0.3, 0.4) is 0 Å². The van der Waals surface area contributed by atoms with E-state index >= 15 is 0 Å². The molecule has 0 spiro atoms. The van der Waals surface area contributed by atoms with Gasteiger partial charge >= 0.3 is 0 Å². The van der Waals surface area contributed by atoms with Gasteiger partial charge in [0.15, 0.2) is 0 Å². The van der Waals surface area contributed by atoms with E-state index < -0.39 is 0 Å². The van der Waals surface area contributed by atoms with Gasteiger partial charge in [-0.15, -0.1) is 0 Å². The summed E-state index contributed by atoms with van der Waals surface area (Å²) in [5.74, 6) is 1.65. The van der Waals surface area contributed by atoms with Crippen molar-refractivity contribution in [1.29, 1.82) is 0 Å². The summed E-state index contributed by atoms with van der Waals surface area (Å²) in [5, 5.41) is 10.6. The third kappa shape index (κ3) is 3.12. The van der Waals surface area contributed by atoms with Gasteiger partial charge < -0.3 is 10.6 Å². The fourth-order valence-electron chi connectivity index (χ4n) is 2.77. The second-order valence-electron chi connectivity index (χ2n) is 6.23. The molecular formula is C14H21N7. The lowest BCUT2D eigenvalue weighted by Crippen LogP contribution is -2.20. The minimum Gasteiger partial charge on any atom is -0.357 e. The molecular weight excluding hydrogens is 266 g/mol. The van der Waals surface area contributed by atoms with Gasteiger partial charge in [-0.1, -0.05) is 13.8 Å². The zero-order valence-corrected chi connectivity index (χ0v) is 12.7. The number of anilines is 2. The quantitative estimate of drug-likeness (QED) is 0.896. The van der Waals surface area contributed by atoms with E-state index in [1.54, 1.807) is 17.9 Å². The van der Waals surface area contributed by atoms with Crippen LogP contribution in [0.4, 0.5) is 11.9 Å². The molecule has 1 unspecified atom stereocenters. The normalized spacial score (nSPS) is 20.4. The Bertz CT molecular complexity index is 606. The van der Waals surface area contributed by atoms with Gasteiger partial charge in [0.1, 0.15) is 0 Å². The van der Waals surface area contributed by atoms with E-state index in [1.165, 1.54) is 6.42 Å². The molecule has 21 heavy (non-hydrogen) atoms. The first-order valence-corrected chi connectivity index (χ1v) is 7.26. The van der Waals surface area contributed by atoms with Crippen molar-refractivity contribution >= 4 is 11.9 Å². The maximum Gasteiger partial charge on any atom is 0.257 e. The Morgan fingerprint density at radius 2 is 2.05 bits per heavy atom. The van der Waals surface area contributed by atoms with Crippen LogP contribution >= 0.6 is 0 Å². The highest BCUT2D eigenvalue weighted by Gasteiger charge is 2.31. The first-order chi connectivity index (χ1) is 10.1. The highest BCUT2D eigenvalue weighted by molar-refractivity contribution is 5.38. The lowest BCUT2D eigenvalue weighted by molar-refractivity contribution is 0.378. The summed E-state index contributed by atoms with van der Waals surface area (Å²) in [6, 6.07) is 2.26. The smallest absolute Gasteiger partial charge is 0.257 e. The second-order valence-corrected chi connectivity index (χ2v) is 6.23. The molecule has 3 rings (SSSR count). The molecule has 0 aliphatic heterocycles. The highest BCUT2D eigenvalue weighted by atomic mass is 15.4. The summed E-state index contributed by atoms with van der Waals surface area (Å²) in [7, 11) is 1.80. The number of hydrogen-bond donors (Lipinski definition) is 2. The van der Waals surface area contributed by atoms with E-state index in [1.807, 2.05) is 12.3 Å². The summed E-state index contributed by atoms with van der Waals surface area (Å²) in [6.07, 6.45) is 7.02. The third-order valence-electron chi connectivity index (χ3n) is 3.86. The largest absolute Gasteiger partial charge is 0.357 e. The Morgan fingerprint density at radius 3 is 2.67 bits per heavy atom. The maximum atomic E-state index is 4.46. The molecule has 2 heterocycles. The lowest BCUT2D eigenvalue weighted by atomic mass is 9.92. The molecule has 2 aromatic rings. The zero-order chi connectivity index (χ0) is 14.9. The summed E-state index contributed by atoms with van der Waals surface area (Å²) >= 11 is 0. The van der Waals surface area contributed by atoms with Crippen molar-refractivity contribution in [2.75, 3.05) is 17.7 Å². The number of rotatable bonds is 4. The van der Waals surface area contributed by atoms with Crippen molar-refractivity contribution in [3.63, 3.8) is 0 Å². The maximum absolute atomic E-state index is 4.46. The fourth-order valence-corrected chi connectivity index (χ4v) is 2.77. The van der Waals surface area contributed by atoms with E-state index in [0.29, 0.717) is 29.3 Å². The van der Waals surface area contributed by atoms with Crippen LogP contribution < -0.4 is 10.6 Å². The number of aromatic nitrogens is 5. The van der Waals surface area contributed by atoms with Crippen LogP contribution in [-0.4, -0.2) is 37.8 Å². The predicted molar refractivity (Wildman–Crippen MR) is 81.5 cm³/mol. The molecule has 1 saturated carbocycles. The monoisotopic (exact) mass is 287 g/mol. The van der Waals surface area contributed by atoms with Crippen LogP contribution in [0.1, 0.15) is 33.1 Å². The Morgan fingerprint density at radius 1 is 1.24 bits per heavy atom. The van der Waals surface area contributed by atoms with Crippen molar-refractivity contribution < 1.29 is 0 Å². The standard InChI is InChI=1S/C14H21N7/c1-14(2)6-5-10(9-14)17-12-18-11(15-3)19-13(20-12)21-8-4-7-16-21/h4,7-8,10H,5-6,9H2,1-3H3,(H2,15,17,18,19,20). The Labute approximate surface area is 124 Å². The van der Waals surface area contributed by atoms with Crippen LogP contribution in [0.5, 0.6) is 0 Å². The van der Waals surface area contributed by atoms with Gasteiger partial charge in [0.05, 0.1) is 0 Å². The fraction of sp³-hybridized carbons (Fsp3) is 0.571. The van der Waals surface area contributed by atoms with Gasteiger partial charge in [-0.05, 0) is 30.7 Å². The van der Waals surface area contributed by atoms with E-state index in [2.05, 4.69) is 44.5 Å². The van der Waals surface area contributed by atoms with Crippen LogP contribution in [-0.2, 0) is 0 Å². The van der Waals surface area contributed by atoms with Gasteiger partial charge in [-0.2, -0.15) is 20.1 Å². The number of nitrogens with zero attached hydrogens (tertiary/aromatic N) is 5. The second kappa shape index (κ2) is 5.31. The topological polar surface area (TPSA) is 80.5 Å². The molecule has 1 aliphatic carbocycles. The Kier molecular flexibility index (Phi) is 3.48. The first-order valence-electron chi connectivity index (χ1n) is 7.26. The molecule has 0 bridgehead atoms. The average Bonchev–Trinajstić information content (AvgIpc) is 3.08. The molecule has 112 valence electrons. The SMILES string of the molecule is CNc1nc(NC2CCC(C)(C)C2)nc(-n2cccn2)n1. The van der Waals surface area contributed by atoms with E-state index in [9.17, 15) is 0 Å². The van der Waals surface area contributed by atoms with Gasteiger partial charge in [-0.25, -0.2) is 4.68 Å².